The van der Waals surface area contributed by atoms with E-state index in [0.29, 0.717) is 0 Å². The van der Waals surface area contributed by atoms with E-state index in [1.54, 1.807) is 0 Å². The third-order valence-corrected chi connectivity index (χ3v) is 3.43. The summed E-state index contributed by atoms with van der Waals surface area (Å²) >= 11 is 0. The third kappa shape index (κ3) is 10.3. The fraction of sp³-hybridized carbons (Fsp3) is 0.929. The Bertz CT molecular complexity index is 219. The molecule has 1 saturated heterocycles. The molecule has 4 nitrogen and oxygen atoms in total. The van der Waals surface area contributed by atoms with Crippen molar-refractivity contribution in [3.63, 3.8) is 0 Å². The maximum absolute atomic E-state index is 4.25. The fourth-order valence-corrected chi connectivity index (χ4v) is 2.19. The number of hydrogen-bond donors (Lipinski definition) is 1. The Labute approximate surface area is 129 Å². The summed E-state index contributed by atoms with van der Waals surface area (Å²) in [6.07, 6.45) is 9.89. The quantitative estimate of drug-likeness (QED) is 0.779. The van der Waals surface area contributed by atoms with Crippen LogP contribution >= 0.6 is 0 Å². The minimum absolute atomic E-state index is 0. The molecule has 112 valence electrons. The van der Waals surface area contributed by atoms with Crippen LogP contribution in [-0.4, -0.2) is 65.8 Å². The van der Waals surface area contributed by atoms with Crippen molar-refractivity contribution >= 4 is 23.0 Å². The lowest BCUT2D eigenvalue weighted by Crippen LogP contribution is -2.37. The highest BCUT2D eigenvalue weighted by atomic mass is 15.5. The van der Waals surface area contributed by atoms with E-state index < -0.39 is 0 Å². The molecule has 0 spiro atoms. The molecule has 0 bridgehead atoms. The Kier molecular flexibility index (Phi) is 16.3. The van der Waals surface area contributed by atoms with Gasteiger partial charge in [-0.05, 0) is 39.0 Å². The Morgan fingerprint density at radius 1 is 0.950 bits per heavy atom. The Hall–Kier alpha value is -0.480. The van der Waals surface area contributed by atoms with Crippen LogP contribution in [0.3, 0.4) is 0 Å². The summed E-state index contributed by atoms with van der Waals surface area (Å²) in [6.45, 7) is 10.1. The monoisotopic (exact) mass is 276 g/mol. The first-order valence-electron chi connectivity index (χ1n) is 7.62. The SMILES string of the molecule is CCN1CCCCC=N1.CCN1CCCCCN1.[B].[B]. The first kappa shape index (κ1) is 21.8. The molecule has 0 unspecified atom stereocenters. The van der Waals surface area contributed by atoms with Gasteiger partial charge in [0.15, 0.2) is 0 Å². The van der Waals surface area contributed by atoms with Gasteiger partial charge >= 0.3 is 0 Å². The van der Waals surface area contributed by atoms with Gasteiger partial charge in [0, 0.05) is 55.8 Å². The van der Waals surface area contributed by atoms with E-state index in [1.807, 2.05) is 6.21 Å². The molecule has 0 amide bonds. The van der Waals surface area contributed by atoms with Gasteiger partial charge in [0.05, 0.1) is 0 Å². The second kappa shape index (κ2) is 14.9. The van der Waals surface area contributed by atoms with Crippen LogP contribution < -0.4 is 5.43 Å². The van der Waals surface area contributed by atoms with Gasteiger partial charge in [-0.1, -0.05) is 13.3 Å². The molecule has 0 atom stereocenters. The normalized spacial score (nSPS) is 19.6. The van der Waals surface area contributed by atoms with Crippen LogP contribution in [0.15, 0.2) is 5.10 Å². The molecule has 6 heteroatoms. The number of hydrazine groups is 1. The lowest BCUT2D eigenvalue weighted by molar-refractivity contribution is 0.213. The van der Waals surface area contributed by atoms with Crippen LogP contribution in [0, 0.1) is 0 Å². The van der Waals surface area contributed by atoms with E-state index in [2.05, 4.69) is 34.4 Å². The van der Waals surface area contributed by atoms with Gasteiger partial charge in [0.25, 0.3) is 0 Å². The summed E-state index contributed by atoms with van der Waals surface area (Å²) in [5.74, 6) is 0. The second-order valence-electron chi connectivity index (χ2n) is 4.89. The molecule has 2 heterocycles. The standard InChI is InChI=1S/C7H16N2.C7H14N2.2B/c2*1-2-9-7-5-3-4-6-8-9;;/h8H,2-7H2,1H3;6H,2-5,7H2,1H3;;. The first-order chi connectivity index (χ1) is 8.86. The van der Waals surface area contributed by atoms with Gasteiger partial charge in [-0.2, -0.15) is 5.10 Å². The smallest absolute Gasteiger partial charge is 0.0360 e. The zero-order chi connectivity index (χ0) is 13.1. The minimum Gasteiger partial charge on any atom is -0.298 e. The fourth-order valence-electron chi connectivity index (χ4n) is 2.19. The molecule has 1 fully saturated rings. The predicted molar refractivity (Wildman–Crippen MR) is 90.2 cm³/mol. The van der Waals surface area contributed by atoms with Gasteiger partial charge < -0.3 is 0 Å². The molecule has 2 aliphatic rings. The summed E-state index contributed by atoms with van der Waals surface area (Å²) in [5, 5.41) is 8.67. The molecular formula is C14H30B2N4. The predicted octanol–water partition coefficient (Wildman–Crippen LogP) is 1.71. The van der Waals surface area contributed by atoms with Crippen molar-refractivity contribution in [3.8, 4) is 0 Å². The largest absolute Gasteiger partial charge is 0.298 e. The molecule has 2 rings (SSSR count). The van der Waals surface area contributed by atoms with Crippen LogP contribution in [0.4, 0.5) is 0 Å². The zero-order valence-corrected chi connectivity index (χ0v) is 13.4. The van der Waals surface area contributed by atoms with E-state index in [9.17, 15) is 0 Å². The molecule has 0 aromatic heterocycles. The minimum atomic E-state index is 0. The highest BCUT2D eigenvalue weighted by Crippen LogP contribution is 2.02. The molecule has 20 heavy (non-hydrogen) atoms. The van der Waals surface area contributed by atoms with E-state index >= 15 is 0 Å². The summed E-state index contributed by atoms with van der Waals surface area (Å²) in [4.78, 5) is 0. The molecule has 0 saturated carbocycles. The Balaban J connectivity index is 0. The number of hydrazone groups is 1. The molecule has 6 radical (unpaired) electrons. The molecular weight excluding hydrogens is 246 g/mol. The first-order valence-corrected chi connectivity index (χ1v) is 7.62. The van der Waals surface area contributed by atoms with Gasteiger partial charge in [-0.25, -0.2) is 5.01 Å². The van der Waals surface area contributed by atoms with Crippen molar-refractivity contribution < 1.29 is 0 Å². The molecule has 1 N–H and O–H groups in total. The molecule has 0 aliphatic carbocycles. The topological polar surface area (TPSA) is 30.9 Å². The molecule has 0 aromatic rings. The van der Waals surface area contributed by atoms with Gasteiger partial charge in [0.1, 0.15) is 0 Å². The number of rotatable bonds is 2. The highest BCUT2D eigenvalue weighted by molar-refractivity contribution is 5.76. The number of nitrogens with one attached hydrogen (secondary N) is 1. The average Bonchev–Trinajstić information content (AvgIpc) is 2.83. The van der Waals surface area contributed by atoms with Gasteiger partial charge in [-0.15, -0.1) is 0 Å². The van der Waals surface area contributed by atoms with Crippen LogP contribution in [0.2, 0.25) is 0 Å². The van der Waals surface area contributed by atoms with E-state index in [-0.39, 0.29) is 16.8 Å². The van der Waals surface area contributed by atoms with E-state index in [0.717, 1.165) is 26.1 Å². The number of nitrogens with zero attached hydrogens (tertiary/aromatic N) is 3. The third-order valence-electron chi connectivity index (χ3n) is 3.43. The summed E-state index contributed by atoms with van der Waals surface area (Å²) in [7, 11) is 0. The van der Waals surface area contributed by atoms with Crippen molar-refractivity contribution in [1.82, 2.24) is 15.4 Å². The van der Waals surface area contributed by atoms with E-state index in [1.165, 1.54) is 45.2 Å². The van der Waals surface area contributed by atoms with Crippen molar-refractivity contribution in [3.05, 3.63) is 0 Å². The van der Waals surface area contributed by atoms with Crippen molar-refractivity contribution in [2.24, 2.45) is 5.10 Å². The van der Waals surface area contributed by atoms with Crippen LogP contribution in [0.1, 0.15) is 52.4 Å². The zero-order valence-electron chi connectivity index (χ0n) is 13.4. The molecule has 2 aliphatic heterocycles. The maximum Gasteiger partial charge on any atom is 0.0360 e. The van der Waals surface area contributed by atoms with Crippen molar-refractivity contribution in [2.45, 2.75) is 52.4 Å². The lowest BCUT2D eigenvalue weighted by atomic mass is 10.2. The van der Waals surface area contributed by atoms with Gasteiger partial charge in [0.2, 0.25) is 0 Å². The number of hydrogen-bond acceptors (Lipinski definition) is 4. The van der Waals surface area contributed by atoms with Crippen molar-refractivity contribution in [2.75, 3.05) is 32.7 Å². The Morgan fingerprint density at radius 2 is 1.70 bits per heavy atom. The maximum atomic E-state index is 4.25. The van der Waals surface area contributed by atoms with Crippen LogP contribution in [-0.2, 0) is 0 Å². The van der Waals surface area contributed by atoms with Crippen LogP contribution in [0.5, 0.6) is 0 Å². The summed E-state index contributed by atoms with van der Waals surface area (Å²) in [6, 6.07) is 0. The average molecular weight is 276 g/mol. The van der Waals surface area contributed by atoms with Gasteiger partial charge in [-0.3, -0.25) is 10.4 Å². The lowest BCUT2D eigenvalue weighted by Gasteiger charge is -2.17. The summed E-state index contributed by atoms with van der Waals surface area (Å²) < 4.78 is 0. The molecule has 0 aromatic carbocycles. The highest BCUT2D eigenvalue weighted by Gasteiger charge is 2.03. The second-order valence-corrected chi connectivity index (χ2v) is 4.89. The van der Waals surface area contributed by atoms with Crippen molar-refractivity contribution in [1.29, 1.82) is 0 Å². The summed E-state index contributed by atoms with van der Waals surface area (Å²) in [5.41, 5.74) is 3.36. The van der Waals surface area contributed by atoms with Crippen LogP contribution in [0.25, 0.3) is 0 Å². The Morgan fingerprint density at radius 3 is 2.40 bits per heavy atom. The van der Waals surface area contributed by atoms with E-state index in [4.69, 9.17) is 0 Å².